The Morgan fingerprint density at radius 1 is 1.35 bits per heavy atom. The number of nitrogens with one attached hydrogen (secondary N) is 2. The lowest BCUT2D eigenvalue weighted by atomic mass is 9.94. The normalized spacial score (nSPS) is 19.8. The Morgan fingerprint density at radius 3 is 2.54 bits per heavy atom. The fraction of sp³-hybridized carbons (Fsp3) is 0.412. The molecule has 3 rings (SSSR count). The second kappa shape index (κ2) is 6.64. The van der Waals surface area contributed by atoms with Gasteiger partial charge in [-0.25, -0.2) is 10.5 Å². The van der Waals surface area contributed by atoms with Crippen molar-refractivity contribution in [2.45, 2.75) is 44.4 Å². The van der Waals surface area contributed by atoms with E-state index in [4.69, 9.17) is 5.84 Å². The number of nitrogen functional groups attached to an aromatic ring is 1. The molecule has 1 aromatic heterocycles. The van der Waals surface area contributed by atoms with Gasteiger partial charge in [0.25, 0.3) is 5.91 Å². The highest BCUT2D eigenvalue weighted by atomic mass is 19.4. The molecule has 0 saturated carbocycles. The Bertz CT molecular complexity index is 798. The molecule has 1 aliphatic heterocycles. The van der Waals surface area contributed by atoms with Crippen LogP contribution in [0, 0.1) is 0 Å². The number of benzene rings is 1. The summed E-state index contributed by atoms with van der Waals surface area (Å²) in [6.07, 6.45) is -4.71. The lowest BCUT2D eigenvalue weighted by Gasteiger charge is -2.33. The minimum atomic E-state index is -4.49. The average Bonchev–Trinajstić information content (AvgIpc) is 3.03. The van der Waals surface area contributed by atoms with E-state index in [1.165, 1.54) is 6.07 Å². The maximum Gasteiger partial charge on any atom is 0.410 e. The monoisotopic (exact) mass is 367 g/mol. The minimum Gasteiger partial charge on any atom is -0.363 e. The van der Waals surface area contributed by atoms with Gasteiger partial charge in [0.2, 0.25) is 0 Å². The van der Waals surface area contributed by atoms with Crippen LogP contribution in [0.5, 0.6) is 0 Å². The van der Waals surface area contributed by atoms with Crippen LogP contribution < -0.4 is 16.6 Å². The summed E-state index contributed by atoms with van der Waals surface area (Å²) in [5.41, 5.74) is 3.58. The van der Waals surface area contributed by atoms with Crippen LogP contribution in [-0.4, -0.2) is 21.9 Å². The molecule has 6 nitrogen and oxygen atoms in total. The molecular weight excluding hydrogens is 347 g/mol. The van der Waals surface area contributed by atoms with Gasteiger partial charge in [0, 0.05) is 12.5 Å². The molecule has 2 atom stereocenters. The van der Waals surface area contributed by atoms with Gasteiger partial charge >= 0.3 is 6.18 Å². The zero-order valence-electron chi connectivity index (χ0n) is 14.3. The number of carbonyl (C=O) groups excluding carboxylic acids is 1. The number of hydrogen-bond acceptors (Lipinski definition) is 4. The zero-order valence-corrected chi connectivity index (χ0v) is 14.3. The molecule has 0 bridgehead atoms. The first-order valence-corrected chi connectivity index (χ1v) is 8.24. The first-order valence-electron chi connectivity index (χ1n) is 8.24. The van der Waals surface area contributed by atoms with Gasteiger partial charge in [-0.2, -0.15) is 18.3 Å². The fourth-order valence-electron chi connectivity index (χ4n) is 3.09. The maximum absolute atomic E-state index is 13.6. The van der Waals surface area contributed by atoms with Crippen LogP contribution in [0.4, 0.5) is 19.0 Å². The highest BCUT2D eigenvalue weighted by Crippen LogP contribution is 2.43. The van der Waals surface area contributed by atoms with E-state index in [0.717, 1.165) is 15.8 Å². The van der Waals surface area contributed by atoms with Crippen molar-refractivity contribution in [2.24, 2.45) is 5.84 Å². The Labute approximate surface area is 148 Å². The largest absolute Gasteiger partial charge is 0.410 e. The Kier molecular flexibility index (Phi) is 4.66. The third kappa shape index (κ3) is 3.39. The standard InChI is InChI=1S/C17H20F3N5O/c1-9(2)10-3-5-11(6-4-10)12-7-14(17(18,19)20)25-15(22-12)8-13(24-25)16(26)23-21/h3-6,8-9,12,14,22H,7,21H2,1-2H3,(H,23,26). The molecular formula is C17H20F3N5O. The number of anilines is 1. The summed E-state index contributed by atoms with van der Waals surface area (Å²) >= 11 is 0. The van der Waals surface area contributed by atoms with Crippen LogP contribution in [0.1, 0.15) is 59.9 Å². The van der Waals surface area contributed by atoms with Crippen LogP contribution in [-0.2, 0) is 0 Å². The predicted octanol–water partition coefficient (Wildman–Crippen LogP) is 3.27. The number of rotatable bonds is 3. The van der Waals surface area contributed by atoms with Gasteiger partial charge in [0.1, 0.15) is 5.82 Å². The number of carbonyl (C=O) groups is 1. The van der Waals surface area contributed by atoms with Crippen molar-refractivity contribution < 1.29 is 18.0 Å². The molecule has 2 aromatic rings. The van der Waals surface area contributed by atoms with E-state index in [-0.39, 0.29) is 17.9 Å². The summed E-state index contributed by atoms with van der Waals surface area (Å²) in [6.45, 7) is 4.10. The van der Waals surface area contributed by atoms with Gasteiger partial charge in [-0.15, -0.1) is 0 Å². The Balaban J connectivity index is 1.96. The number of alkyl halides is 3. The number of hydrazine groups is 1. The van der Waals surface area contributed by atoms with Crippen molar-refractivity contribution in [1.82, 2.24) is 15.2 Å². The minimum absolute atomic E-state index is 0.134. The second-order valence-corrected chi connectivity index (χ2v) is 6.64. The molecule has 0 radical (unpaired) electrons. The summed E-state index contributed by atoms with van der Waals surface area (Å²) < 4.78 is 41.5. The van der Waals surface area contributed by atoms with E-state index in [1.807, 2.05) is 29.7 Å². The van der Waals surface area contributed by atoms with Gasteiger partial charge < -0.3 is 5.32 Å². The second-order valence-electron chi connectivity index (χ2n) is 6.64. The molecule has 1 aromatic carbocycles. The molecule has 0 spiro atoms. The number of aromatic nitrogens is 2. The van der Waals surface area contributed by atoms with E-state index in [0.29, 0.717) is 5.92 Å². The topological polar surface area (TPSA) is 85.0 Å². The summed E-state index contributed by atoms with van der Waals surface area (Å²) in [6, 6.07) is 6.41. The number of amides is 1. The van der Waals surface area contributed by atoms with Crippen LogP contribution in [0.3, 0.4) is 0 Å². The lowest BCUT2D eigenvalue weighted by molar-refractivity contribution is -0.173. The number of hydrogen-bond donors (Lipinski definition) is 3. The maximum atomic E-state index is 13.6. The SMILES string of the molecule is CC(C)c1ccc(C2CC(C(F)(F)F)n3nc(C(=O)NN)cc3N2)cc1. The van der Waals surface area contributed by atoms with Crippen molar-refractivity contribution in [1.29, 1.82) is 0 Å². The number of fused-ring (bicyclic) bond motifs is 1. The summed E-state index contributed by atoms with van der Waals surface area (Å²) in [5.74, 6) is 4.78. The molecule has 1 aliphatic rings. The molecule has 140 valence electrons. The van der Waals surface area contributed by atoms with Crippen molar-refractivity contribution in [3.63, 3.8) is 0 Å². The number of halogens is 3. The lowest BCUT2D eigenvalue weighted by Crippen LogP contribution is -2.36. The van der Waals surface area contributed by atoms with E-state index < -0.39 is 24.2 Å². The molecule has 9 heteroatoms. The molecule has 0 saturated heterocycles. The number of nitrogens with two attached hydrogens (primary N) is 1. The molecule has 0 fully saturated rings. The molecule has 4 N–H and O–H groups in total. The van der Waals surface area contributed by atoms with E-state index >= 15 is 0 Å². The summed E-state index contributed by atoms with van der Waals surface area (Å²) in [7, 11) is 0. The van der Waals surface area contributed by atoms with Crippen molar-refractivity contribution in [2.75, 3.05) is 5.32 Å². The van der Waals surface area contributed by atoms with Crippen LogP contribution in [0.25, 0.3) is 0 Å². The smallest absolute Gasteiger partial charge is 0.363 e. The van der Waals surface area contributed by atoms with Gasteiger partial charge in [0.05, 0.1) is 6.04 Å². The highest BCUT2D eigenvalue weighted by molar-refractivity contribution is 5.92. The Hall–Kier alpha value is -2.55. The predicted molar refractivity (Wildman–Crippen MR) is 90.5 cm³/mol. The highest BCUT2D eigenvalue weighted by Gasteiger charge is 2.46. The van der Waals surface area contributed by atoms with Crippen LogP contribution in [0.2, 0.25) is 0 Å². The molecule has 26 heavy (non-hydrogen) atoms. The quantitative estimate of drug-likeness (QED) is 0.442. The van der Waals surface area contributed by atoms with Crippen molar-refractivity contribution in [3.05, 3.63) is 47.2 Å². The molecule has 0 aliphatic carbocycles. The van der Waals surface area contributed by atoms with Gasteiger partial charge in [-0.3, -0.25) is 10.2 Å². The first-order chi connectivity index (χ1) is 12.2. The van der Waals surface area contributed by atoms with Crippen molar-refractivity contribution >= 4 is 11.7 Å². The number of nitrogens with zero attached hydrogens (tertiary/aromatic N) is 2. The Morgan fingerprint density at radius 2 is 2.00 bits per heavy atom. The summed E-state index contributed by atoms with van der Waals surface area (Å²) in [5, 5.41) is 6.82. The van der Waals surface area contributed by atoms with E-state index in [1.54, 1.807) is 0 Å². The van der Waals surface area contributed by atoms with Crippen LogP contribution >= 0.6 is 0 Å². The zero-order chi connectivity index (χ0) is 19.1. The average molecular weight is 367 g/mol. The fourth-order valence-corrected chi connectivity index (χ4v) is 3.09. The third-order valence-corrected chi connectivity index (χ3v) is 4.56. The van der Waals surface area contributed by atoms with Gasteiger partial charge in [-0.1, -0.05) is 38.1 Å². The van der Waals surface area contributed by atoms with E-state index in [2.05, 4.69) is 24.3 Å². The van der Waals surface area contributed by atoms with E-state index in [9.17, 15) is 18.0 Å². The first kappa shape index (κ1) is 18.2. The van der Waals surface area contributed by atoms with Crippen molar-refractivity contribution in [3.8, 4) is 0 Å². The summed E-state index contributed by atoms with van der Waals surface area (Å²) in [4.78, 5) is 11.6. The third-order valence-electron chi connectivity index (χ3n) is 4.56. The van der Waals surface area contributed by atoms with Crippen LogP contribution in [0.15, 0.2) is 30.3 Å². The van der Waals surface area contributed by atoms with Gasteiger partial charge in [-0.05, 0) is 17.0 Å². The molecule has 2 unspecified atom stereocenters. The molecule has 2 heterocycles. The van der Waals surface area contributed by atoms with Gasteiger partial charge in [0.15, 0.2) is 11.7 Å². The molecule has 1 amide bonds.